The van der Waals surface area contributed by atoms with Gasteiger partial charge in [0, 0.05) is 6.54 Å². The summed E-state index contributed by atoms with van der Waals surface area (Å²) in [7, 11) is 2.16. The van der Waals surface area contributed by atoms with Crippen LogP contribution in [0.25, 0.3) is 0 Å². The summed E-state index contributed by atoms with van der Waals surface area (Å²) >= 11 is 0. The van der Waals surface area contributed by atoms with Gasteiger partial charge in [0.2, 0.25) is 0 Å². The van der Waals surface area contributed by atoms with Crippen LogP contribution in [0.2, 0.25) is 0 Å². The van der Waals surface area contributed by atoms with Crippen molar-refractivity contribution in [3.05, 3.63) is 0 Å². The summed E-state index contributed by atoms with van der Waals surface area (Å²) in [5, 5.41) is 9.66. The Morgan fingerprint density at radius 3 is 2.73 bits per heavy atom. The van der Waals surface area contributed by atoms with Gasteiger partial charge in [-0.3, -0.25) is 0 Å². The number of aliphatic hydroxyl groups is 1. The molecule has 0 aromatic rings. The van der Waals surface area contributed by atoms with E-state index in [0.29, 0.717) is 0 Å². The van der Waals surface area contributed by atoms with Gasteiger partial charge in [-0.05, 0) is 45.2 Å². The van der Waals surface area contributed by atoms with Crippen LogP contribution in [0, 0.1) is 5.92 Å². The molecule has 2 rings (SSSR count). The molecular formula is C9H17NO. The van der Waals surface area contributed by atoms with E-state index in [0.717, 1.165) is 25.2 Å². The monoisotopic (exact) mass is 155 g/mol. The Bertz CT molecular complexity index is 154. The Morgan fingerprint density at radius 2 is 2.27 bits per heavy atom. The van der Waals surface area contributed by atoms with E-state index < -0.39 is 0 Å². The fourth-order valence-electron chi connectivity index (χ4n) is 2.08. The highest BCUT2D eigenvalue weighted by molar-refractivity contribution is 4.96. The third kappa shape index (κ3) is 1.74. The van der Waals surface area contributed by atoms with Gasteiger partial charge >= 0.3 is 0 Å². The van der Waals surface area contributed by atoms with Crippen molar-refractivity contribution in [1.82, 2.24) is 4.90 Å². The molecule has 1 saturated heterocycles. The van der Waals surface area contributed by atoms with Gasteiger partial charge in [-0.15, -0.1) is 0 Å². The number of hydrogen-bond acceptors (Lipinski definition) is 2. The van der Waals surface area contributed by atoms with Crippen LogP contribution < -0.4 is 0 Å². The third-order valence-electron chi connectivity index (χ3n) is 2.98. The first kappa shape index (κ1) is 7.56. The van der Waals surface area contributed by atoms with Crippen LogP contribution in [0.15, 0.2) is 0 Å². The molecular weight excluding hydrogens is 138 g/mol. The average Bonchev–Trinajstić information content (AvgIpc) is 2.49. The first-order valence-corrected chi connectivity index (χ1v) is 4.59. The lowest BCUT2D eigenvalue weighted by atomic mass is 10.00. The largest absolute Gasteiger partial charge is 0.390 e. The van der Waals surface area contributed by atoms with Crippen molar-refractivity contribution in [2.75, 3.05) is 20.1 Å². The van der Waals surface area contributed by atoms with Crippen LogP contribution in [-0.4, -0.2) is 35.7 Å². The van der Waals surface area contributed by atoms with Crippen molar-refractivity contribution >= 4 is 0 Å². The van der Waals surface area contributed by atoms with Crippen molar-refractivity contribution in [3.63, 3.8) is 0 Å². The third-order valence-corrected chi connectivity index (χ3v) is 2.98. The van der Waals surface area contributed by atoms with Crippen LogP contribution in [0.4, 0.5) is 0 Å². The molecule has 2 nitrogen and oxygen atoms in total. The standard InChI is InChI=1S/C9H17NO/c1-10-5-2-8(7-10)6-9(11)3-4-9/h8,11H,2-7H2,1H3. The molecule has 1 atom stereocenters. The lowest BCUT2D eigenvalue weighted by molar-refractivity contribution is 0.119. The quantitative estimate of drug-likeness (QED) is 0.639. The second-order valence-corrected chi connectivity index (χ2v) is 4.35. The molecule has 0 aromatic heterocycles. The summed E-state index contributed by atoms with van der Waals surface area (Å²) in [5.41, 5.74) is -0.226. The first-order valence-electron chi connectivity index (χ1n) is 4.59. The Morgan fingerprint density at radius 1 is 1.55 bits per heavy atom. The molecule has 2 aliphatic rings. The maximum atomic E-state index is 9.66. The van der Waals surface area contributed by atoms with Crippen molar-refractivity contribution in [3.8, 4) is 0 Å². The number of rotatable bonds is 2. The molecule has 2 fully saturated rings. The summed E-state index contributed by atoms with van der Waals surface area (Å²) in [6.07, 6.45) is 4.44. The minimum absolute atomic E-state index is 0.226. The summed E-state index contributed by atoms with van der Waals surface area (Å²) in [4.78, 5) is 2.36. The molecule has 2 heteroatoms. The van der Waals surface area contributed by atoms with Crippen molar-refractivity contribution < 1.29 is 5.11 Å². The normalized spacial score (nSPS) is 36.0. The summed E-state index contributed by atoms with van der Waals surface area (Å²) < 4.78 is 0. The highest BCUT2D eigenvalue weighted by atomic mass is 16.3. The fraction of sp³-hybridized carbons (Fsp3) is 1.00. The minimum Gasteiger partial charge on any atom is -0.390 e. The average molecular weight is 155 g/mol. The van der Waals surface area contributed by atoms with Crippen molar-refractivity contribution in [2.45, 2.75) is 31.3 Å². The Kier molecular flexibility index (Phi) is 1.69. The van der Waals surface area contributed by atoms with E-state index in [9.17, 15) is 5.11 Å². The number of hydrogen-bond donors (Lipinski definition) is 1. The molecule has 0 bridgehead atoms. The highest BCUT2D eigenvalue weighted by Gasteiger charge is 2.42. The molecule has 11 heavy (non-hydrogen) atoms. The minimum atomic E-state index is -0.226. The molecule has 1 N–H and O–H groups in total. The summed E-state index contributed by atoms with van der Waals surface area (Å²) in [5.74, 6) is 0.771. The van der Waals surface area contributed by atoms with Gasteiger partial charge in [0.15, 0.2) is 0 Å². The topological polar surface area (TPSA) is 23.5 Å². The van der Waals surface area contributed by atoms with E-state index in [2.05, 4.69) is 11.9 Å². The van der Waals surface area contributed by atoms with E-state index in [1.165, 1.54) is 19.5 Å². The Balaban J connectivity index is 1.79. The van der Waals surface area contributed by atoms with Gasteiger partial charge in [-0.2, -0.15) is 0 Å². The predicted octanol–water partition coefficient (Wildman–Crippen LogP) is 0.853. The van der Waals surface area contributed by atoms with Crippen LogP contribution in [0.5, 0.6) is 0 Å². The molecule has 1 aliphatic heterocycles. The van der Waals surface area contributed by atoms with Crippen LogP contribution in [0.1, 0.15) is 25.7 Å². The molecule has 1 unspecified atom stereocenters. The second kappa shape index (κ2) is 2.46. The number of nitrogens with zero attached hydrogens (tertiary/aromatic N) is 1. The lowest BCUT2D eigenvalue weighted by Crippen LogP contribution is -2.18. The molecule has 1 aliphatic carbocycles. The predicted molar refractivity (Wildman–Crippen MR) is 44.4 cm³/mol. The van der Waals surface area contributed by atoms with E-state index in [1.807, 2.05) is 0 Å². The summed E-state index contributed by atoms with van der Waals surface area (Å²) in [6, 6.07) is 0. The maximum absolute atomic E-state index is 9.66. The van der Waals surface area contributed by atoms with Gasteiger partial charge in [0.05, 0.1) is 5.60 Å². The fourth-order valence-corrected chi connectivity index (χ4v) is 2.08. The van der Waals surface area contributed by atoms with Crippen LogP contribution in [-0.2, 0) is 0 Å². The van der Waals surface area contributed by atoms with Crippen molar-refractivity contribution in [2.24, 2.45) is 5.92 Å². The first-order chi connectivity index (χ1) is 5.18. The molecule has 0 radical (unpaired) electrons. The lowest BCUT2D eigenvalue weighted by Gasteiger charge is -2.13. The van der Waals surface area contributed by atoms with Gasteiger partial charge in [-0.1, -0.05) is 0 Å². The molecule has 64 valence electrons. The SMILES string of the molecule is CN1CCC(CC2(O)CC2)C1. The van der Waals surface area contributed by atoms with E-state index in [1.54, 1.807) is 0 Å². The van der Waals surface area contributed by atoms with Gasteiger partial charge < -0.3 is 10.0 Å². The molecule has 0 spiro atoms. The number of likely N-dealkylation sites (tertiary alicyclic amines) is 1. The second-order valence-electron chi connectivity index (χ2n) is 4.35. The highest BCUT2D eigenvalue weighted by Crippen LogP contribution is 2.42. The van der Waals surface area contributed by atoms with Crippen molar-refractivity contribution in [1.29, 1.82) is 0 Å². The zero-order valence-electron chi connectivity index (χ0n) is 7.21. The Labute approximate surface area is 68.2 Å². The van der Waals surface area contributed by atoms with Gasteiger partial charge in [-0.25, -0.2) is 0 Å². The van der Waals surface area contributed by atoms with Crippen LogP contribution in [0.3, 0.4) is 0 Å². The van der Waals surface area contributed by atoms with Gasteiger partial charge in [0.25, 0.3) is 0 Å². The van der Waals surface area contributed by atoms with E-state index in [-0.39, 0.29) is 5.60 Å². The molecule has 1 heterocycles. The zero-order chi connectivity index (χ0) is 7.90. The maximum Gasteiger partial charge on any atom is 0.0653 e. The zero-order valence-corrected chi connectivity index (χ0v) is 7.21. The Hall–Kier alpha value is -0.0800. The van der Waals surface area contributed by atoms with Crippen LogP contribution >= 0.6 is 0 Å². The van der Waals surface area contributed by atoms with Gasteiger partial charge in [0.1, 0.15) is 0 Å². The van der Waals surface area contributed by atoms with E-state index in [4.69, 9.17) is 0 Å². The molecule has 0 amide bonds. The molecule has 0 aromatic carbocycles. The molecule has 1 saturated carbocycles. The smallest absolute Gasteiger partial charge is 0.0653 e. The van der Waals surface area contributed by atoms with E-state index >= 15 is 0 Å². The summed E-state index contributed by atoms with van der Waals surface area (Å²) in [6.45, 7) is 2.42.